The van der Waals surface area contributed by atoms with E-state index in [1.165, 1.54) is 25.3 Å². The first-order valence-electron chi connectivity index (χ1n) is 10.5. The molecule has 1 aromatic rings. The van der Waals surface area contributed by atoms with Crippen LogP contribution in [0.2, 0.25) is 0 Å². The lowest BCUT2D eigenvalue weighted by atomic mass is 9.89. The molecular weight excluding hydrogens is 420 g/mol. The van der Waals surface area contributed by atoms with E-state index in [1.54, 1.807) is 20.8 Å². The Labute approximate surface area is 185 Å². The number of carbonyl (C=O) groups excluding carboxylic acids is 3. The van der Waals surface area contributed by atoms with Crippen LogP contribution in [0.3, 0.4) is 0 Å². The first kappa shape index (κ1) is 26.6. The summed E-state index contributed by atoms with van der Waals surface area (Å²) >= 11 is 0. The number of nitrogens with one attached hydrogen (secondary N) is 2. The summed E-state index contributed by atoms with van der Waals surface area (Å²) in [5, 5.41) is 2.52. The van der Waals surface area contributed by atoms with Crippen molar-refractivity contribution in [1.29, 1.82) is 0 Å². The van der Waals surface area contributed by atoms with E-state index in [2.05, 4.69) is 17.0 Å². The third kappa shape index (κ3) is 9.08. The summed E-state index contributed by atoms with van der Waals surface area (Å²) in [5.74, 6) is -1.17. The van der Waals surface area contributed by atoms with Crippen molar-refractivity contribution in [2.75, 3.05) is 12.4 Å². The predicted molar refractivity (Wildman–Crippen MR) is 119 cm³/mol. The number of amides is 2. The summed E-state index contributed by atoms with van der Waals surface area (Å²) in [7, 11) is -2.73. The fourth-order valence-corrected chi connectivity index (χ4v) is 3.75. The number of ketones is 1. The largest absolute Gasteiger partial charge is 0.495 e. The number of anilines is 1. The van der Waals surface area contributed by atoms with Gasteiger partial charge in [0, 0.05) is 11.8 Å². The van der Waals surface area contributed by atoms with Crippen LogP contribution in [0.1, 0.15) is 72.6 Å². The number of hydrogen-bond donors (Lipinski definition) is 2. The molecular formula is C22H34N2O6S. The Bertz CT molecular complexity index is 888. The van der Waals surface area contributed by atoms with Crippen molar-refractivity contribution in [3.63, 3.8) is 0 Å². The van der Waals surface area contributed by atoms with Crippen LogP contribution in [0.4, 0.5) is 5.69 Å². The van der Waals surface area contributed by atoms with Crippen LogP contribution in [-0.4, -0.2) is 33.1 Å². The Morgan fingerprint density at radius 3 is 2.23 bits per heavy atom. The molecule has 9 heteroatoms. The molecule has 0 aliphatic heterocycles. The molecule has 0 saturated carbocycles. The number of carbonyl (C=O) groups is 3. The number of rotatable bonds is 12. The molecule has 2 N–H and O–H groups in total. The highest BCUT2D eigenvalue weighted by molar-refractivity contribution is 7.90. The minimum absolute atomic E-state index is 0.101. The van der Waals surface area contributed by atoms with Gasteiger partial charge in [0.25, 0.3) is 10.0 Å². The third-order valence-electron chi connectivity index (χ3n) is 4.67. The van der Waals surface area contributed by atoms with Crippen LogP contribution in [0.5, 0.6) is 5.75 Å². The highest BCUT2D eigenvalue weighted by atomic mass is 32.2. The Hall–Kier alpha value is -2.42. The lowest BCUT2D eigenvalue weighted by Gasteiger charge is -2.17. The molecule has 31 heavy (non-hydrogen) atoms. The lowest BCUT2D eigenvalue weighted by molar-refractivity contribution is -0.130. The summed E-state index contributed by atoms with van der Waals surface area (Å²) in [6.45, 7) is 7.22. The van der Waals surface area contributed by atoms with Gasteiger partial charge in [-0.05, 0) is 24.6 Å². The van der Waals surface area contributed by atoms with Crippen LogP contribution < -0.4 is 14.8 Å². The van der Waals surface area contributed by atoms with Crippen LogP contribution in [0, 0.1) is 5.41 Å². The van der Waals surface area contributed by atoms with Gasteiger partial charge in [0.2, 0.25) is 11.8 Å². The van der Waals surface area contributed by atoms with Crippen molar-refractivity contribution in [3.05, 3.63) is 18.2 Å². The van der Waals surface area contributed by atoms with Gasteiger partial charge in [-0.2, -0.15) is 0 Å². The van der Waals surface area contributed by atoms with E-state index >= 15 is 0 Å². The summed E-state index contributed by atoms with van der Waals surface area (Å²) < 4.78 is 32.4. The molecule has 0 heterocycles. The summed E-state index contributed by atoms with van der Waals surface area (Å²) in [4.78, 5) is 36.2. The second-order valence-electron chi connectivity index (χ2n) is 8.45. The van der Waals surface area contributed by atoms with Crippen molar-refractivity contribution in [3.8, 4) is 5.75 Å². The van der Waals surface area contributed by atoms with Crippen LogP contribution in [0.15, 0.2) is 23.1 Å². The van der Waals surface area contributed by atoms with Crippen molar-refractivity contribution in [2.24, 2.45) is 5.41 Å². The van der Waals surface area contributed by atoms with Crippen molar-refractivity contribution < 1.29 is 27.5 Å². The van der Waals surface area contributed by atoms with Gasteiger partial charge in [-0.1, -0.05) is 53.4 Å². The molecule has 0 saturated heterocycles. The van der Waals surface area contributed by atoms with Gasteiger partial charge < -0.3 is 10.1 Å². The molecule has 0 unspecified atom stereocenters. The zero-order chi connectivity index (χ0) is 23.7. The number of Topliss-reactive ketones (excluding diaryl/α,β-unsaturated/α-hetero) is 1. The second kappa shape index (κ2) is 11.8. The lowest BCUT2D eigenvalue weighted by Crippen LogP contribution is -2.30. The Kier molecular flexibility index (Phi) is 10.2. The van der Waals surface area contributed by atoms with E-state index < -0.39 is 27.3 Å². The van der Waals surface area contributed by atoms with E-state index in [1.807, 2.05) is 0 Å². The fraction of sp³-hybridized carbons (Fsp3) is 0.591. The topological polar surface area (TPSA) is 119 Å². The normalized spacial score (nSPS) is 11.6. The molecule has 0 bridgehead atoms. The number of ether oxygens (including phenoxy) is 1. The molecule has 174 valence electrons. The number of methoxy groups -OCH3 is 1. The molecule has 0 atom stereocenters. The maximum atomic E-state index is 12.6. The quantitative estimate of drug-likeness (QED) is 0.366. The number of benzene rings is 1. The first-order chi connectivity index (χ1) is 14.4. The number of hydrogen-bond acceptors (Lipinski definition) is 6. The average molecular weight is 455 g/mol. The van der Waals surface area contributed by atoms with Gasteiger partial charge in [-0.15, -0.1) is 0 Å². The van der Waals surface area contributed by atoms with E-state index in [9.17, 15) is 22.8 Å². The molecule has 2 amide bonds. The molecule has 0 fully saturated rings. The zero-order valence-electron chi connectivity index (χ0n) is 19.0. The third-order valence-corrected chi connectivity index (χ3v) is 6.04. The zero-order valence-corrected chi connectivity index (χ0v) is 19.9. The van der Waals surface area contributed by atoms with Gasteiger partial charge in [-0.3, -0.25) is 14.4 Å². The van der Waals surface area contributed by atoms with Gasteiger partial charge in [0.1, 0.15) is 11.5 Å². The SMILES string of the molecule is CCCCCCCC(=O)NS(=O)(=O)c1ccc(OC)c(NC(=O)CC(=O)C(C)(C)C)c1. The Balaban J connectivity index is 2.88. The standard InChI is InChI=1S/C22H34N2O6S/c1-6-7-8-9-10-11-20(26)24-31(28,29)16-12-13-18(30-5)17(14-16)23-21(27)15-19(25)22(2,3)4/h12-14H,6-11,15H2,1-5H3,(H,23,27)(H,24,26). The molecule has 0 aliphatic carbocycles. The number of unbranched alkanes of at least 4 members (excludes halogenated alkanes) is 4. The van der Waals surface area contributed by atoms with Gasteiger partial charge >= 0.3 is 0 Å². The minimum Gasteiger partial charge on any atom is -0.495 e. The summed E-state index contributed by atoms with van der Waals surface area (Å²) in [5.41, 5.74) is -0.572. The Morgan fingerprint density at radius 1 is 1.00 bits per heavy atom. The van der Waals surface area contributed by atoms with Gasteiger partial charge in [0.15, 0.2) is 0 Å². The van der Waals surface area contributed by atoms with E-state index in [0.717, 1.165) is 25.7 Å². The van der Waals surface area contributed by atoms with E-state index in [0.29, 0.717) is 6.42 Å². The van der Waals surface area contributed by atoms with Gasteiger partial charge in [-0.25, -0.2) is 13.1 Å². The fourth-order valence-electron chi connectivity index (χ4n) is 2.71. The van der Waals surface area contributed by atoms with Crippen molar-refractivity contribution in [1.82, 2.24) is 4.72 Å². The maximum Gasteiger partial charge on any atom is 0.264 e. The van der Waals surface area contributed by atoms with Crippen molar-refractivity contribution in [2.45, 2.75) is 77.5 Å². The summed E-state index contributed by atoms with van der Waals surface area (Å²) in [6, 6.07) is 3.87. The predicted octanol–water partition coefficient (Wildman–Crippen LogP) is 3.80. The van der Waals surface area contributed by atoms with Crippen LogP contribution in [-0.2, 0) is 24.4 Å². The Morgan fingerprint density at radius 2 is 1.65 bits per heavy atom. The molecule has 0 aliphatic rings. The molecule has 8 nitrogen and oxygen atoms in total. The van der Waals surface area contributed by atoms with Crippen molar-refractivity contribution >= 4 is 33.3 Å². The molecule has 0 spiro atoms. The highest BCUT2D eigenvalue weighted by Crippen LogP contribution is 2.28. The second-order valence-corrected chi connectivity index (χ2v) is 10.1. The number of sulfonamides is 1. The highest BCUT2D eigenvalue weighted by Gasteiger charge is 2.25. The average Bonchev–Trinajstić information content (AvgIpc) is 2.66. The van der Waals surface area contributed by atoms with E-state index in [4.69, 9.17) is 4.74 Å². The smallest absolute Gasteiger partial charge is 0.264 e. The maximum absolute atomic E-state index is 12.6. The summed E-state index contributed by atoms with van der Waals surface area (Å²) in [6.07, 6.45) is 4.44. The molecule has 1 aromatic carbocycles. The monoisotopic (exact) mass is 454 g/mol. The molecule has 0 aromatic heterocycles. The van der Waals surface area contributed by atoms with Gasteiger partial charge in [0.05, 0.1) is 24.1 Å². The first-order valence-corrected chi connectivity index (χ1v) is 12.0. The van der Waals surface area contributed by atoms with Crippen LogP contribution >= 0.6 is 0 Å². The molecule has 0 radical (unpaired) electrons. The minimum atomic E-state index is -4.11. The molecule has 1 rings (SSSR count). The van der Waals surface area contributed by atoms with E-state index in [-0.39, 0.29) is 35.0 Å². The van der Waals surface area contributed by atoms with Crippen LogP contribution in [0.25, 0.3) is 0 Å².